The number of amides is 4. The molecule has 3 heterocycles. The molecule has 6 rings (SSSR count). The molecule has 1 aromatic heterocycles. The Labute approximate surface area is 321 Å². The first-order valence-corrected chi connectivity index (χ1v) is 20.4. The van der Waals surface area contributed by atoms with Gasteiger partial charge in [0.2, 0.25) is 27.7 Å². The Morgan fingerprint density at radius 3 is 2.54 bits per heavy atom. The molecule has 3 fully saturated rings. The van der Waals surface area contributed by atoms with Crippen LogP contribution in [0.25, 0.3) is 10.8 Å². The van der Waals surface area contributed by atoms with Crippen molar-refractivity contribution in [1.29, 1.82) is 0 Å². The third-order valence-electron chi connectivity index (χ3n) is 10.9. The van der Waals surface area contributed by atoms with E-state index in [-0.39, 0.29) is 18.8 Å². The molecule has 3 N–H and O–H groups in total. The summed E-state index contributed by atoms with van der Waals surface area (Å²) in [4.78, 5) is 62.0. The lowest BCUT2D eigenvalue weighted by Crippen LogP contribution is -2.59. The summed E-state index contributed by atoms with van der Waals surface area (Å²) in [5, 5.41) is 7.34. The van der Waals surface area contributed by atoms with Gasteiger partial charge in [-0.25, -0.2) is 18.2 Å². The number of sulfonamides is 1. The van der Waals surface area contributed by atoms with E-state index in [0.717, 1.165) is 12.8 Å². The molecule has 16 heteroatoms. The number of carbonyl (C=O) groups is 4. The molecule has 0 spiro atoms. The van der Waals surface area contributed by atoms with Crippen LogP contribution in [0.5, 0.6) is 11.6 Å². The average Bonchev–Trinajstić information content (AvgIpc) is 3.99. The van der Waals surface area contributed by atoms with Gasteiger partial charge in [0.25, 0.3) is 5.91 Å². The maximum Gasteiger partial charge on any atom is 0.408 e. The second-order valence-electron chi connectivity index (χ2n) is 16.2. The van der Waals surface area contributed by atoms with Gasteiger partial charge < -0.3 is 29.7 Å². The molecule has 1 aromatic carbocycles. The molecule has 2 saturated carbocycles. The van der Waals surface area contributed by atoms with Crippen LogP contribution in [0.2, 0.25) is 5.02 Å². The van der Waals surface area contributed by atoms with E-state index in [1.54, 1.807) is 52.8 Å². The highest BCUT2D eigenvalue weighted by molar-refractivity contribution is 7.91. The van der Waals surface area contributed by atoms with Crippen LogP contribution in [0, 0.1) is 11.8 Å². The average molecular weight is 788 g/mol. The second kappa shape index (κ2) is 14.9. The minimum atomic E-state index is -4.01. The van der Waals surface area contributed by atoms with E-state index < -0.39 is 79.7 Å². The Bertz CT molecular complexity index is 1960. The summed E-state index contributed by atoms with van der Waals surface area (Å²) in [5.74, 6) is -2.38. The van der Waals surface area contributed by atoms with Crippen molar-refractivity contribution >= 4 is 56.2 Å². The van der Waals surface area contributed by atoms with Gasteiger partial charge in [0, 0.05) is 27.6 Å². The molecule has 2 aliphatic heterocycles. The van der Waals surface area contributed by atoms with Crippen molar-refractivity contribution in [3.8, 4) is 11.6 Å². The van der Waals surface area contributed by atoms with Gasteiger partial charge in [-0.1, -0.05) is 43.5 Å². The molecule has 6 atom stereocenters. The molecule has 54 heavy (non-hydrogen) atoms. The molecule has 2 aliphatic carbocycles. The molecule has 0 bridgehead atoms. The van der Waals surface area contributed by atoms with E-state index in [2.05, 4.69) is 20.3 Å². The molecule has 0 radical (unpaired) electrons. The minimum absolute atomic E-state index is 0.0599. The molecular weight excluding hydrogens is 738 g/mol. The Kier molecular flexibility index (Phi) is 10.9. The smallest absolute Gasteiger partial charge is 0.408 e. The summed E-state index contributed by atoms with van der Waals surface area (Å²) in [6.07, 6.45) is 7.93. The first-order chi connectivity index (χ1) is 25.4. The number of halogens is 1. The van der Waals surface area contributed by atoms with Crippen molar-refractivity contribution < 1.29 is 41.8 Å². The number of ether oxygens (including phenoxy) is 3. The highest BCUT2D eigenvalue weighted by atomic mass is 35.5. The van der Waals surface area contributed by atoms with Gasteiger partial charge in [0.1, 0.15) is 35.1 Å². The number of hydrogen-bond acceptors (Lipinski definition) is 10. The molecular formula is C38H50ClN5O9S. The summed E-state index contributed by atoms with van der Waals surface area (Å²) in [6.45, 7) is 8.46. The van der Waals surface area contributed by atoms with Crippen LogP contribution < -0.4 is 24.8 Å². The van der Waals surface area contributed by atoms with E-state index in [9.17, 15) is 27.6 Å². The summed E-state index contributed by atoms with van der Waals surface area (Å²) in [6, 6.07) is 2.99. The number of hydrogen-bond donors (Lipinski definition) is 3. The number of pyridine rings is 1. The Balaban J connectivity index is 1.36. The lowest BCUT2D eigenvalue weighted by molar-refractivity contribution is -0.142. The lowest BCUT2D eigenvalue weighted by Gasteiger charge is -2.31. The van der Waals surface area contributed by atoms with E-state index in [1.807, 2.05) is 12.2 Å². The van der Waals surface area contributed by atoms with Crippen molar-refractivity contribution in [2.75, 3.05) is 13.7 Å². The number of aromatic nitrogens is 1. The molecule has 14 nitrogen and oxygen atoms in total. The first-order valence-electron chi connectivity index (χ1n) is 18.5. The van der Waals surface area contributed by atoms with Crippen molar-refractivity contribution in [1.82, 2.24) is 25.2 Å². The monoisotopic (exact) mass is 787 g/mol. The van der Waals surface area contributed by atoms with Gasteiger partial charge in [0.05, 0.1) is 24.6 Å². The van der Waals surface area contributed by atoms with Crippen LogP contribution in [0.4, 0.5) is 4.79 Å². The van der Waals surface area contributed by atoms with Crippen LogP contribution in [-0.4, -0.2) is 89.8 Å². The Morgan fingerprint density at radius 2 is 1.85 bits per heavy atom. The van der Waals surface area contributed by atoms with Gasteiger partial charge in [-0.3, -0.25) is 19.1 Å². The fourth-order valence-corrected chi connectivity index (χ4v) is 8.77. The highest BCUT2D eigenvalue weighted by Gasteiger charge is 2.63. The quantitative estimate of drug-likeness (QED) is 0.331. The summed E-state index contributed by atoms with van der Waals surface area (Å²) in [7, 11) is -2.48. The van der Waals surface area contributed by atoms with Crippen LogP contribution >= 0.6 is 11.6 Å². The number of alkyl carbamates (subject to hydrolysis) is 1. The molecule has 294 valence electrons. The SMILES string of the molecule is COc1cnc(O[C@H]2CN3C(=O)[C@@H](NC(=O)OC(C)(C)C)CCCCC/C=C\[C@@H]4C[C@@]4(C(=O)NS(=O)(=O)C4(C)CC4)NC(=O)[C@@H]3[C@@H]2C)c2cc(Cl)ccc12. The number of benzene rings is 1. The zero-order chi connectivity index (χ0) is 39.2. The molecule has 4 amide bonds. The topological polar surface area (TPSA) is 182 Å². The first kappa shape index (κ1) is 39.6. The molecule has 0 unspecified atom stereocenters. The van der Waals surface area contributed by atoms with Crippen molar-refractivity contribution in [2.24, 2.45) is 11.8 Å². The van der Waals surface area contributed by atoms with E-state index in [4.69, 9.17) is 25.8 Å². The third kappa shape index (κ3) is 8.12. The maximum absolute atomic E-state index is 14.6. The van der Waals surface area contributed by atoms with Gasteiger partial charge in [-0.05, 0) is 84.4 Å². The standard InChI is InChI=1S/C38H50ClN5O9S/c1-22-29(52-32-26-18-24(39)14-15-25(26)28(51-6)20-40-32)21-44-30(22)31(45)42-38(34(47)43-54(49,50)37(5)16-17-37)19-23(38)12-10-8-7-9-11-13-27(33(44)46)41-35(48)53-36(2,3)4/h10,12,14-15,18,20,22-23,27,29-30H,7-9,11,13,16-17,19,21H2,1-6H3,(H,41,48)(H,42,45)(H,43,47)/b12-10-/t22-,23-,27+,29+,30+,38-/m1/s1. The molecule has 1 saturated heterocycles. The predicted octanol–water partition coefficient (Wildman–Crippen LogP) is 4.78. The number of methoxy groups -OCH3 is 1. The summed E-state index contributed by atoms with van der Waals surface area (Å²) in [5.41, 5.74) is -2.36. The Hall–Kier alpha value is -4.11. The lowest BCUT2D eigenvalue weighted by atomic mass is 9.98. The van der Waals surface area contributed by atoms with E-state index in [1.165, 1.54) is 18.2 Å². The molecule has 2 aromatic rings. The highest BCUT2D eigenvalue weighted by Crippen LogP contribution is 2.48. The largest absolute Gasteiger partial charge is 0.494 e. The fraction of sp³-hybridized carbons (Fsp3) is 0.605. The minimum Gasteiger partial charge on any atom is -0.494 e. The third-order valence-corrected chi connectivity index (χ3v) is 13.3. The zero-order valence-corrected chi connectivity index (χ0v) is 33.1. The van der Waals surface area contributed by atoms with E-state index in [0.29, 0.717) is 53.6 Å². The van der Waals surface area contributed by atoms with Gasteiger partial charge in [-0.2, -0.15) is 0 Å². The van der Waals surface area contributed by atoms with Crippen molar-refractivity contribution in [2.45, 2.75) is 120 Å². The van der Waals surface area contributed by atoms with Crippen molar-refractivity contribution in [3.05, 3.63) is 41.6 Å². The van der Waals surface area contributed by atoms with Crippen LogP contribution in [-0.2, 0) is 29.1 Å². The number of nitrogens with zero attached hydrogens (tertiary/aromatic N) is 2. The van der Waals surface area contributed by atoms with Crippen LogP contribution in [0.3, 0.4) is 0 Å². The van der Waals surface area contributed by atoms with E-state index >= 15 is 0 Å². The number of fused-ring (bicyclic) bond motifs is 3. The Morgan fingerprint density at radius 1 is 1.11 bits per heavy atom. The fourth-order valence-electron chi connectivity index (χ4n) is 7.29. The summed E-state index contributed by atoms with van der Waals surface area (Å²) >= 11 is 6.37. The van der Waals surface area contributed by atoms with Crippen LogP contribution in [0.15, 0.2) is 36.5 Å². The van der Waals surface area contributed by atoms with Crippen molar-refractivity contribution in [3.63, 3.8) is 0 Å². The number of nitrogens with one attached hydrogen (secondary N) is 3. The maximum atomic E-state index is 14.6. The zero-order valence-electron chi connectivity index (χ0n) is 31.6. The van der Waals surface area contributed by atoms with Gasteiger partial charge in [0.15, 0.2) is 0 Å². The normalized spacial score (nSPS) is 29.0. The second-order valence-corrected chi connectivity index (χ2v) is 18.8. The number of rotatable bonds is 7. The summed E-state index contributed by atoms with van der Waals surface area (Å²) < 4.78 is 45.1. The predicted molar refractivity (Wildman–Crippen MR) is 201 cm³/mol. The van der Waals surface area contributed by atoms with Gasteiger partial charge in [-0.15, -0.1) is 0 Å². The van der Waals surface area contributed by atoms with Gasteiger partial charge >= 0.3 is 6.09 Å². The number of carbonyl (C=O) groups excluding carboxylic acids is 4. The number of allylic oxidation sites excluding steroid dienone is 1. The van der Waals surface area contributed by atoms with Crippen LogP contribution in [0.1, 0.15) is 86.0 Å². The molecule has 4 aliphatic rings.